The van der Waals surface area contributed by atoms with Gasteiger partial charge in [0.25, 0.3) is 5.69 Å². The first kappa shape index (κ1) is 24.9. The normalized spacial score (nSPS) is 37.4. The van der Waals surface area contributed by atoms with E-state index >= 15 is 0 Å². The average molecular weight is 492 g/mol. The van der Waals surface area contributed by atoms with E-state index < -0.39 is 4.92 Å². The summed E-state index contributed by atoms with van der Waals surface area (Å²) in [5, 5.41) is 11.1. The molecule has 4 aliphatic rings. The van der Waals surface area contributed by atoms with Crippen molar-refractivity contribution in [1.82, 2.24) is 0 Å². The molecule has 7 unspecified atom stereocenters. The third-order valence-corrected chi connectivity index (χ3v) is 10.3. The second-order valence-electron chi connectivity index (χ2n) is 12.0. The van der Waals surface area contributed by atoms with Crippen LogP contribution in [0.1, 0.15) is 77.7 Å². The number of non-ortho nitro benzene ring substituents is 1. The van der Waals surface area contributed by atoms with Crippen molar-refractivity contribution in [1.29, 1.82) is 0 Å². The van der Waals surface area contributed by atoms with Gasteiger partial charge >= 0.3 is 5.97 Å². The van der Waals surface area contributed by atoms with Crippen LogP contribution in [0, 0.1) is 44.6 Å². The lowest BCUT2D eigenvalue weighted by Gasteiger charge is -2.58. The quantitative estimate of drug-likeness (QED) is 0.151. The molecule has 0 amide bonds. The molecule has 0 spiro atoms. The molecule has 0 heterocycles. The minimum Gasteiger partial charge on any atom is -0.462 e. The maximum Gasteiger partial charge on any atom is 0.302 e. The van der Waals surface area contributed by atoms with Gasteiger partial charge in [-0.2, -0.15) is 0 Å². The number of ketones is 1. The summed E-state index contributed by atoms with van der Waals surface area (Å²) in [4.78, 5) is 35.6. The lowest BCUT2D eigenvalue weighted by molar-refractivity contribution is -0.384. The molecule has 1 aromatic carbocycles. The summed E-state index contributed by atoms with van der Waals surface area (Å²) in [6.45, 7) is 6.27. The number of allylic oxidation sites excluding steroid dienone is 2. The molecule has 36 heavy (non-hydrogen) atoms. The third-order valence-electron chi connectivity index (χ3n) is 10.3. The van der Waals surface area contributed by atoms with Gasteiger partial charge in [-0.25, -0.2) is 0 Å². The van der Waals surface area contributed by atoms with Crippen LogP contribution in [0.25, 0.3) is 6.08 Å². The van der Waals surface area contributed by atoms with Crippen LogP contribution in [0.15, 0.2) is 42.0 Å². The van der Waals surface area contributed by atoms with Crippen molar-refractivity contribution in [3.05, 3.63) is 57.7 Å². The van der Waals surface area contributed by atoms with Crippen molar-refractivity contribution in [2.45, 2.75) is 78.2 Å². The van der Waals surface area contributed by atoms with Crippen molar-refractivity contribution in [2.75, 3.05) is 0 Å². The molecule has 0 aliphatic heterocycles. The third kappa shape index (κ3) is 4.22. The predicted octanol–water partition coefficient (Wildman–Crippen LogP) is 6.69. The van der Waals surface area contributed by atoms with E-state index in [1.165, 1.54) is 24.6 Å². The van der Waals surface area contributed by atoms with Gasteiger partial charge in [-0.3, -0.25) is 19.7 Å². The van der Waals surface area contributed by atoms with Crippen LogP contribution < -0.4 is 0 Å². The fourth-order valence-electron chi connectivity index (χ4n) is 8.47. The summed E-state index contributed by atoms with van der Waals surface area (Å²) < 4.78 is 5.56. The van der Waals surface area contributed by atoms with Gasteiger partial charge in [0.05, 0.1) is 4.92 Å². The highest BCUT2D eigenvalue weighted by atomic mass is 16.6. The van der Waals surface area contributed by atoms with Crippen molar-refractivity contribution in [2.24, 2.45) is 34.5 Å². The number of nitro groups is 1. The minimum absolute atomic E-state index is 0.00191. The largest absolute Gasteiger partial charge is 0.462 e. The number of carbonyl (C=O) groups excluding carboxylic acids is 2. The zero-order chi connectivity index (χ0) is 25.7. The lowest BCUT2D eigenvalue weighted by Crippen LogP contribution is -2.51. The van der Waals surface area contributed by atoms with Gasteiger partial charge in [0.1, 0.15) is 6.10 Å². The molecule has 0 radical (unpaired) electrons. The number of ether oxygens (including phenoxy) is 1. The maximum absolute atomic E-state index is 13.4. The van der Waals surface area contributed by atoms with Crippen LogP contribution in [0.4, 0.5) is 5.69 Å². The Morgan fingerprint density at radius 2 is 1.92 bits per heavy atom. The minimum atomic E-state index is -0.409. The smallest absolute Gasteiger partial charge is 0.302 e. The summed E-state index contributed by atoms with van der Waals surface area (Å²) >= 11 is 0. The van der Waals surface area contributed by atoms with E-state index in [2.05, 4.69) is 19.9 Å². The van der Waals surface area contributed by atoms with Crippen LogP contribution in [-0.4, -0.2) is 22.8 Å². The highest BCUT2D eigenvalue weighted by Gasteiger charge is 2.59. The van der Waals surface area contributed by atoms with Crippen LogP contribution in [0.5, 0.6) is 0 Å². The number of nitrogens with zero attached hydrogens (tertiary/aromatic N) is 1. The maximum atomic E-state index is 13.4. The Kier molecular flexibility index (Phi) is 6.42. The van der Waals surface area contributed by atoms with Gasteiger partial charge < -0.3 is 4.74 Å². The molecule has 3 saturated carbocycles. The standard InChI is InChI=1S/C30H37NO5/c1-19(32)36-23-13-15-29(2)21(18-23)8-9-24-25-10-11-27(30(25,3)16-14-26(24)29)28(33)12-7-20-5-4-6-22(17-20)31(34)35/h4-8,12,17,23-27H,9-11,13-16,18H2,1-3H3. The number of esters is 1. The molecule has 0 saturated heterocycles. The Morgan fingerprint density at radius 1 is 1.11 bits per heavy atom. The number of hydrogen-bond donors (Lipinski definition) is 0. The lowest BCUT2D eigenvalue weighted by atomic mass is 9.47. The highest BCUT2D eigenvalue weighted by molar-refractivity contribution is 5.96. The fraction of sp³-hybridized carbons (Fsp3) is 0.600. The summed E-state index contributed by atoms with van der Waals surface area (Å²) in [5.74, 6) is 1.75. The predicted molar refractivity (Wildman–Crippen MR) is 138 cm³/mol. The summed E-state index contributed by atoms with van der Waals surface area (Å²) in [7, 11) is 0. The molecule has 6 heteroatoms. The number of hydrogen-bond acceptors (Lipinski definition) is 5. The first-order chi connectivity index (χ1) is 17.1. The fourth-order valence-corrected chi connectivity index (χ4v) is 8.47. The Bertz CT molecular complexity index is 1140. The molecule has 0 N–H and O–H groups in total. The molecule has 4 aliphatic carbocycles. The first-order valence-corrected chi connectivity index (χ1v) is 13.4. The van der Waals surface area contributed by atoms with E-state index in [9.17, 15) is 19.7 Å². The molecule has 192 valence electrons. The second-order valence-corrected chi connectivity index (χ2v) is 12.0. The van der Waals surface area contributed by atoms with Gasteiger partial charge in [-0.15, -0.1) is 0 Å². The summed E-state index contributed by atoms with van der Waals surface area (Å²) in [6, 6.07) is 6.43. The van der Waals surface area contributed by atoms with Gasteiger partial charge in [-0.1, -0.05) is 43.7 Å². The van der Waals surface area contributed by atoms with E-state index in [-0.39, 0.29) is 40.3 Å². The Morgan fingerprint density at radius 3 is 2.67 bits per heavy atom. The summed E-state index contributed by atoms with van der Waals surface area (Å²) in [6.07, 6.45) is 14.0. The van der Waals surface area contributed by atoms with Crippen molar-refractivity contribution in [3.63, 3.8) is 0 Å². The van der Waals surface area contributed by atoms with E-state index in [1.54, 1.807) is 24.3 Å². The zero-order valence-corrected chi connectivity index (χ0v) is 21.6. The Balaban J connectivity index is 1.32. The van der Waals surface area contributed by atoms with Crippen molar-refractivity contribution in [3.8, 4) is 0 Å². The molecule has 1 aromatic rings. The molecule has 3 fully saturated rings. The Labute approximate surface area is 213 Å². The van der Waals surface area contributed by atoms with Crippen LogP contribution in [0.2, 0.25) is 0 Å². The molecular formula is C30H37NO5. The van der Waals surface area contributed by atoms with Crippen LogP contribution in [0.3, 0.4) is 0 Å². The van der Waals surface area contributed by atoms with E-state index in [1.807, 2.05) is 0 Å². The van der Waals surface area contributed by atoms with Crippen LogP contribution >= 0.6 is 0 Å². The van der Waals surface area contributed by atoms with Gasteiger partial charge in [-0.05, 0) is 85.2 Å². The van der Waals surface area contributed by atoms with E-state index in [4.69, 9.17) is 4.74 Å². The van der Waals surface area contributed by atoms with Gasteiger partial charge in [0.2, 0.25) is 0 Å². The van der Waals surface area contributed by atoms with Crippen molar-refractivity contribution >= 4 is 23.5 Å². The molecular weight excluding hydrogens is 454 g/mol. The van der Waals surface area contributed by atoms with E-state index in [0.29, 0.717) is 23.3 Å². The number of fused-ring (bicyclic) bond motifs is 5. The zero-order valence-electron chi connectivity index (χ0n) is 21.6. The molecule has 5 rings (SSSR count). The number of benzene rings is 1. The molecule has 6 nitrogen and oxygen atoms in total. The first-order valence-electron chi connectivity index (χ1n) is 13.4. The molecule has 7 atom stereocenters. The SMILES string of the molecule is CC(=O)OC1CCC2(C)C(=CCC3C2CCC2(C)C(C(=O)C=Cc4cccc([N+](=O)[O-])c4)CCC32)C1. The van der Waals surface area contributed by atoms with Crippen LogP contribution in [-0.2, 0) is 14.3 Å². The number of carbonyl (C=O) groups is 2. The number of rotatable bonds is 5. The van der Waals surface area contributed by atoms with Gasteiger partial charge in [0, 0.05) is 31.4 Å². The van der Waals surface area contributed by atoms with Gasteiger partial charge in [0.15, 0.2) is 5.78 Å². The monoisotopic (exact) mass is 491 g/mol. The summed E-state index contributed by atoms with van der Waals surface area (Å²) in [5.41, 5.74) is 2.38. The van der Waals surface area contributed by atoms with E-state index in [0.717, 1.165) is 51.4 Å². The highest BCUT2D eigenvalue weighted by Crippen LogP contribution is 2.66. The average Bonchev–Trinajstić information content (AvgIpc) is 3.20. The number of nitro benzene ring substituents is 1. The molecule has 0 aromatic heterocycles. The topological polar surface area (TPSA) is 86.5 Å². The van der Waals surface area contributed by atoms with Crippen molar-refractivity contribution < 1.29 is 19.2 Å². The second kappa shape index (κ2) is 9.28. The Hall–Kier alpha value is -2.76. The molecule has 0 bridgehead atoms.